The fourth-order valence-corrected chi connectivity index (χ4v) is 3.14. The number of cyclic esters (lactones) is 1. The summed E-state index contributed by atoms with van der Waals surface area (Å²) in [5.41, 5.74) is 0.482. The van der Waals surface area contributed by atoms with Gasteiger partial charge in [-0.2, -0.15) is 5.10 Å². The zero-order valence-electron chi connectivity index (χ0n) is 13.8. The summed E-state index contributed by atoms with van der Waals surface area (Å²) in [6.07, 6.45) is 0.466. The van der Waals surface area contributed by atoms with E-state index in [1.54, 1.807) is 6.92 Å². The van der Waals surface area contributed by atoms with Gasteiger partial charge in [0.15, 0.2) is 0 Å². The fraction of sp³-hybridized carbons (Fsp3) is 0.353. The molecule has 1 aromatic heterocycles. The van der Waals surface area contributed by atoms with Gasteiger partial charge in [-0.3, -0.25) is 5.10 Å². The molecule has 0 bridgehead atoms. The summed E-state index contributed by atoms with van der Waals surface area (Å²) in [5, 5.41) is 9.62. The van der Waals surface area contributed by atoms with Gasteiger partial charge in [-0.05, 0) is 54.1 Å². The number of benzene rings is 1. The van der Waals surface area contributed by atoms with Crippen LogP contribution >= 0.6 is 22.6 Å². The van der Waals surface area contributed by atoms with Gasteiger partial charge in [-0.25, -0.2) is 9.59 Å². The highest BCUT2D eigenvalue weighted by atomic mass is 127. The van der Waals surface area contributed by atoms with E-state index in [0.29, 0.717) is 12.2 Å². The van der Waals surface area contributed by atoms with Crippen LogP contribution in [0.5, 0.6) is 0 Å². The Kier molecular flexibility index (Phi) is 4.98. The smallest absolute Gasteiger partial charge is 0.356 e. The first kappa shape index (κ1) is 17.7. The van der Waals surface area contributed by atoms with Crippen LogP contribution in [-0.2, 0) is 19.9 Å². The highest BCUT2D eigenvalue weighted by molar-refractivity contribution is 14.1. The van der Waals surface area contributed by atoms with Gasteiger partial charge in [0.2, 0.25) is 0 Å². The first-order valence-electron chi connectivity index (χ1n) is 7.89. The predicted octanol–water partition coefficient (Wildman–Crippen LogP) is 2.83. The third kappa shape index (κ3) is 3.78. The number of halogens is 1. The van der Waals surface area contributed by atoms with Crippen molar-refractivity contribution in [3.63, 3.8) is 0 Å². The van der Waals surface area contributed by atoms with Crippen molar-refractivity contribution in [2.24, 2.45) is 0 Å². The Bertz CT molecular complexity index is 789. The van der Waals surface area contributed by atoms with E-state index < -0.39 is 17.6 Å². The molecular formula is C17H18IN3O4. The highest BCUT2D eigenvalue weighted by Gasteiger charge is 2.44. The van der Waals surface area contributed by atoms with Crippen molar-refractivity contribution >= 4 is 40.3 Å². The highest BCUT2D eigenvalue weighted by Crippen LogP contribution is 2.37. The molecule has 0 amide bonds. The number of esters is 2. The Hall–Kier alpha value is -2.10. The number of nitrogens with one attached hydrogen (secondary N) is 2. The van der Waals surface area contributed by atoms with E-state index in [4.69, 9.17) is 9.47 Å². The molecule has 1 saturated heterocycles. The first-order chi connectivity index (χ1) is 11.9. The average molecular weight is 455 g/mol. The summed E-state index contributed by atoms with van der Waals surface area (Å²) in [6.45, 7) is 3.90. The van der Waals surface area contributed by atoms with Crippen LogP contribution in [0, 0.1) is 3.57 Å². The van der Waals surface area contributed by atoms with Gasteiger partial charge in [-0.1, -0.05) is 12.1 Å². The lowest BCUT2D eigenvalue weighted by Gasteiger charge is -2.23. The minimum atomic E-state index is -0.695. The van der Waals surface area contributed by atoms with Crippen LogP contribution in [0.4, 0.5) is 5.82 Å². The largest absolute Gasteiger partial charge is 0.461 e. The molecule has 0 spiro atoms. The van der Waals surface area contributed by atoms with E-state index in [-0.39, 0.29) is 18.3 Å². The molecule has 1 aliphatic heterocycles. The van der Waals surface area contributed by atoms with Crippen LogP contribution in [0.2, 0.25) is 0 Å². The maximum atomic E-state index is 12.3. The van der Waals surface area contributed by atoms with Gasteiger partial charge in [0.1, 0.15) is 23.2 Å². The fourth-order valence-electron chi connectivity index (χ4n) is 2.78. The Morgan fingerprint density at radius 3 is 2.88 bits per heavy atom. The standard InChI is InChI=1S/C17H18IN3O4/c1-3-24-15(22)12-8-14(21-20-12)19-13-9-17(2,25-16(13)23)10-4-6-11(18)7-5-10/h4-8,13H,3,9H2,1-2H3,(H2,19,20,21). The lowest BCUT2D eigenvalue weighted by Crippen LogP contribution is -2.25. The number of hydrogen-bond donors (Lipinski definition) is 2. The van der Waals surface area contributed by atoms with Crippen molar-refractivity contribution in [1.82, 2.24) is 10.2 Å². The Balaban J connectivity index is 1.71. The third-order valence-electron chi connectivity index (χ3n) is 4.05. The van der Waals surface area contributed by atoms with Crippen molar-refractivity contribution < 1.29 is 19.1 Å². The number of carbonyl (C=O) groups excluding carboxylic acids is 2. The van der Waals surface area contributed by atoms with Crippen LogP contribution in [0.15, 0.2) is 30.3 Å². The molecule has 25 heavy (non-hydrogen) atoms. The predicted molar refractivity (Wildman–Crippen MR) is 99.2 cm³/mol. The summed E-state index contributed by atoms with van der Waals surface area (Å²) in [5.74, 6) is -0.431. The van der Waals surface area contributed by atoms with E-state index in [9.17, 15) is 9.59 Å². The molecule has 0 radical (unpaired) electrons. The molecule has 1 aliphatic rings. The number of carbonyl (C=O) groups is 2. The topological polar surface area (TPSA) is 93.3 Å². The Morgan fingerprint density at radius 1 is 1.48 bits per heavy atom. The second-order valence-corrected chi connectivity index (χ2v) is 7.19. The summed E-state index contributed by atoms with van der Waals surface area (Å²) >= 11 is 2.23. The summed E-state index contributed by atoms with van der Waals surface area (Å²) in [6, 6.07) is 8.87. The molecule has 2 N–H and O–H groups in total. The van der Waals surface area contributed by atoms with Gasteiger partial charge in [-0.15, -0.1) is 0 Å². The van der Waals surface area contributed by atoms with Crippen molar-refractivity contribution in [3.05, 3.63) is 45.2 Å². The minimum Gasteiger partial charge on any atom is -0.461 e. The Morgan fingerprint density at radius 2 is 2.20 bits per heavy atom. The second-order valence-electron chi connectivity index (χ2n) is 5.95. The zero-order valence-corrected chi connectivity index (χ0v) is 16.0. The van der Waals surface area contributed by atoms with E-state index in [2.05, 4.69) is 38.1 Å². The molecule has 8 heteroatoms. The number of nitrogens with zero attached hydrogens (tertiary/aromatic N) is 1. The van der Waals surface area contributed by atoms with E-state index in [1.807, 2.05) is 31.2 Å². The number of rotatable bonds is 5. The Labute approximate surface area is 158 Å². The van der Waals surface area contributed by atoms with Crippen molar-refractivity contribution in [3.8, 4) is 0 Å². The third-order valence-corrected chi connectivity index (χ3v) is 4.77. The molecule has 0 saturated carbocycles. The number of anilines is 1. The summed E-state index contributed by atoms with van der Waals surface area (Å²) in [4.78, 5) is 23.9. The molecule has 132 valence electrons. The first-order valence-corrected chi connectivity index (χ1v) is 8.97. The number of aromatic nitrogens is 2. The van der Waals surface area contributed by atoms with Gasteiger partial charge in [0.25, 0.3) is 0 Å². The van der Waals surface area contributed by atoms with Crippen molar-refractivity contribution in [2.75, 3.05) is 11.9 Å². The average Bonchev–Trinajstić information content (AvgIpc) is 3.14. The molecule has 2 aromatic rings. The monoisotopic (exact) mass is 455 g/mol. The van der Waals surface area contributed by atoms with Gasteiger partial charge in [0.05, 0.1) is 6.61 Å². The maximum absolute atomic E-state index is 12.3. The molecule has 2 atom stereocenters. The lowest BCUT2D eigenvalue weighted by atomic mass is 9.91. The second kappa shape index (κ2) is 7.03. The lowest BCUT2D eigenvalue weighted by molar-refractivity contribution is -0.148. The van der Waals surface area contributed by atoms with Crippen LogP contribution in [0.3, 0.4) is 0 Å². The van der Waals surface area contributed by atoms with Crippen LogP contribution in [0.1, 0.15) is 36.3 Å². The van der Waals surface area contributed by atoms with E-state index in [0.717, 1.165) is 9.13 Å². The molecule has 2 heterocycles. The number of ether oxygens (including phenoxy) is 2. The number of H-pyrrole nitrogens is 1. The molecule has 0 aliphatic carbocycles. The van der Waals surface area contributed by atoms with Gasteiger partial charge >= 0.3 is 11.9 Å². The van der Waals surface area contributed by atoms with Gasteiger partial charge in [0, 0.05) is 16.1 Å². The molecule has 1 aromatic carbocycles. The van der Waals surface area contributed by atoms with Crippen LogP contribution < -0.4 is 5.32 Å². The normalized spacial score (nSPS) is 22.5. The van der Waals surface area contributed by atoms with Crippen LogP contribution in [-0.4, -0.2) is 34.8 Å². The quantitative estimate of drug-likeness (QED) is 0.532. The number of hydrogen-bond acceptors (Lipinski definition) is 6. The van der Waals surface area contributed by atoms with Crippen LogP contribution in [0.25, 0.3) is 0 Å². The SMILES string of the molecule is CCOC(=O)c1cc(NC2CC(C)(c3ccc(I)cc3)OC2=O)n[nH]1. The molecule has 3 rings (SSSR count). The maximum Gasteiger partial charge on any atom is 0.356 e. The summed E-state index contributed by atoms with van der Waals surface area (Å²) < 4.78 is 11.6. The molecule has 1 fully saturated rings. The molecule has 2 unspecified atom stereocenters. The van der Waals surface area contributed by atoms with E-state index in [1.165, 1.54) is 6.07 Å². The van der Waals surface area contributed by atoms with Gasteiger partial charge < -0.3 is 14.8 Å². The molecular weight excluding hydrogens is 437 g/mol. The van der Waals surface area contributed by atoms with Crippen molar-refractivity contribution in [1.29, 1.82) is 0 Å². The van der Waals surface area contributed by atoms with Crippen molar-refractivity contribution in [2.45, 2.75) is 31.9 Å². The summed E-state index contributed by atoms with van der Waals surface area (Å²) in [7, 11) is 0. The van der Waals surface area contributed by atoms with E-state index >= 15 is 0 Å². The minimum absolute atomic E-state index is 0.233. The number of aromatic amines is 1. The molecule has 7 nitrogen and oxygen atoms in total. The zero-order chi connectivity index (χ0) is 18.0.